The number of β-amino-alcohol motifs (C(OH)–C–C–N with tert-alkyl or cyclic N) is 1. The van der Waals surface area contributed by atoms with E-state index in [1.54, 1.807) is 11.8 Å². The minimum atomic E-state index is -0.296. The van der Waals surface area contributed by atoms with Crippen LogP contribution in [-0.2, 0) is 5.75 Å². The molecule has 1 aromatic rings. The van der Waals surface area contributed by atoms with Gasteiger partial charge in [0, 0.05) is 6.54 Å². The number of aromatic nitrogens is 2. The van der Waals surface area contributed by atoms with Crippen molar-refractivity contribution in [3.63, 3.8) is 0 Å². The van der Waals surface area contributed by atoms with Crippen LogP contribution in [0.15, 0.2) is 4.52 Å². The SMILES string of the molecule is CCSCc1noc([C@@H]2C[C@H](O)CN2)n1. The molecule has 84 valence electrons. The quantitative estimate of drug-likeness (QED) is 0.792. The first kappa shape index (κ1) is 10.9. The molecule has 1 aliphatic rings. The number of nitrogens with one attached hydrogen (secondary N) is 1. The van der Waals surface area contributed by atoms with Crippen LogP contribution in [0.25, 0.3) is 0 Å². The summed E-state index contributed by atoms with van der Waals surface area (Å²) in [5, 5.41) is 16.4. The van der Waals surface area contributed by atoms with E-state index < -0.39 is 0 Å². The van der Waals surface area contributed by atoms with Gasteiger partial charge in [-0.3, -0.25) is 0 Å². The van der Waals surface area contributed by atoms with Crippen LogP contribution in [0.1, 0.15) is 31.1 Å². The van der Waals surface area contributed by atoms with Crippen molar-refractivity contribution in [1.82, 2.24) is 15.5 Å². The smallest absolute Gasteiger partial charge is 0.243 e. The Morgan fingerprint density at radius 2 is 2.53 bits per heavy atom. The van der Waals surface area contributed by atoms with E-state index in [1.165, 1.54) is 0 Å². The lowest BCUT2D eigenvalue weighted by Gasteiger charge is -2.01. The van der Waals surface area contributed by atoms with Crippen LogP contribution in [0.4, 0.5) is 0 Å². The van der Waals surface area contributed by atoms with Crippen LogP contribution in [-0.4, -0.2) is 33.6 Å². The second-order valence-corrected chi connectivity index (χ2v) is 4.81. The van der Waals surface area contributed by atoms with Crippen LogP contribution in [0.5, 0.6) is 0 Å². The van der Waals surface area contributed by atoms with E-state index in [1.807, 2.05) is 0 Å². The van der Waals surface area contributed by atoms with Gasteiger partial charge in [0.05, 0.1) is 17.9 Å². The number of rotatable bonds is 4. The van der Waals surface area contributed by atoms with Gasteiger partial charge in [0.25, 0.3) is 0 Å². The van der Waals surface area contributed by atoms with Crippen molar-refractivity contribution in [3.8, 4) is 0 Å². The zero-order chi connectivity index (χ0) is 10.7. The zero-order valence-corrected chi connectivity index (χ0v) is 9.46. The van der Waals surface area contributed by atoms with Crippen molar-refractivity contribution in [2.75, 3.05) is 12.3 Å². The largest absolute Gasteiger partial charge is 0.392 e. The maximum absolute atomic E-state index is 9.35. The molecule has 0 unspecified atom stereocenters. The molecule has 15 heavy (non-hydrogen) atoms. The highest BCUT2D eigenvalue weighted by atomic mass is 32.2. The van der Waals surface area contributed by atoms with Gasteiger partial charge in [-0.25, -0.2) is 0 Å². The van der Waals surface area contributed by atoms with Crippen LogP contribution in [0, 0.1) is 0 Å². The first-order valence-electron chi connectivity index (χ1n) is 5.11. The molecule has 2 N–H and O–H groups in total. The average molecular weight is 229 g/mol. The summed E-state index contributed by atoms with van der Waals surface area (Å²) in [5.74, 6) is 3.16. The van der Waals surface area contributed by atoms with Gasteiger partial charge in [0.2, 0.25) is 5.89 Å². The molecular weight excluding hydrogens is 214 g/mol. The molecule has 0 amide bonds. The van der Waals surface area contributed by atoms with Crippen molar-refractivity contribution in [3.05, 3.63) is 11.7 Å². The molecule has 0 aliphatic carbocycles. The van der Waals surface area contributed by atoms with Gasteiger partial charge < -0.3 is 14.9 Å². The predicted octanol–water partition coefficient (Wildman–Crippen LogP) is 0.718. The maximum atomic E-state index is 9.35. The lowest BCUT2D eigenvalue weighted by molar-refractivity contribution is 0.191. The first-order chi connectivity index (χ1) is 7.29. The minimum absolute atomic E-state index is 0.0212. The third-order valence-electron chi connectivity index (χ3n) is 2.32. The molecule has 2 heterocycles. The Morgan fingerprint density at radius 1 is 1.67 bits per heavy atom. The molecule has 0 saturated carbocycles. The Kier molecular flexibility index (Phi) is 3.61. The molecule has 6 heteroatoms. The molecule has 1 aromatic heterocycles. The number of hydrogen-bond donors (Lipinski definition) is 2. The Morgan fingerprint density at radius 3 is 3.20 bits per heavy atom. The second-order valence-electron chi connectivity index (χ2n) is 3.54. The molecule has 2 atom stereocenters. The topological polar surface area (TPSA) is 71.2 Å². The zero-order valence-electron chi connectivity index (χ0n) is 8.64. The van der Waals surface area contributed by atoms with Crippen molar-refractivity contribution < 1.29 is 9.63 Å². The summed E-state index contributed by atoms with van der Waals surface area (Å²) in [6.45, 7) is 2.70. The number of aliphatic hydroxyl groups excluding tert-OH is 1. The predicted molar refractivity (Wildman–Crippen MR) is 57.5 cm³/mol. The highest BCUT2D eigenvalue weighted by molar-refractivity contribution is 7.98. The van der Waals surface area contributed by atoms with E-state index in [-0.39, 0.29) is 12.1 Å². The molecule has 1 fully saturated rings. The van der Waals surface area contributed by atoms with Gasteiger partial charge in [-0.2, -0.15) is 16.7 Å². The molecule has 0 spiro atoms. The van der Waals surface area contributed by atoms with E-state index in [0.717, 1.165) is 17.3 Å². The number of thioether (sulfide) groups is 1. The Labute approximate surface area is 92.6 Å². The summed E-state index contributed by atoms with van der Waals surface area (Å²) >= 11 is 1.76. The second kappa shape index (κ2) is 4.96. The minimum Gasteiger partial charge on any atom is -0.392 e. The fraction of sp³-hybridized carbons (Fsp3) is 0.778. The van der Waals surface area contributed by atoms with Crippen molar-refractivity contribution in [2.24, 2.45) is 0 Å². The number of nitrogens with zero attached hydrogens (tertiary/aromatic N) is 2. The van der Waals surface area contributed by atoms with Crippen LogP contribution in [0.3, 0.4) is 0 Å². The molecule has 0 bridgehead atoms. The van der Waals surface area contributed by atoms with Gasteiger partial charge in [-0.1, -0.05) is 12.1 Å². The Bertz CT molecular complexity index is 318. The fourth-order valence-electron chi connectivity index (χ4n) is 1.57. The van der Waals surface area contributed by atoms with Crippen LogP contribution >= 0.6 is 11.8 Å². The summed E-state index contributed by atoms with van der Waals surface area (Å²) in [7, 11) is 0. The number of aliphatic hydroxyl groups is 1. The summed E-state index contributed by atoms with van der Waals surface area (Å²) in [6, 6.07) is 0.0212. The van der Waals surface area contributed by atoms with E-state index in [9.17, 15) is 5.11 Å². The molecule has 2 rings (SSSR count). The van der Waals surface area contributed by atoms with Gasteiger partial charge >= 0.3 is 0 Å². The van der Waals surface area contributed by atoms with Crippen LogP contribution in [0.2, 0.25) is 0 Å². The fourth-order valence-corrected chi connectivity index (χ4v) is 2.07. The van der Waals surface area contributed by atoms with E-state index in [0.29, 0.717) is 18.9 Å². The molecule has 1 aliphatic heterocycles. The highest BCUT2D eigenvalue weighted by Crippen LogP contribution is 2.22. The molecule has 0 radical (unpaired) electrons. The first-order valence-corrected chi connectivity index (χ1v) is 6.26. The summed E-state index contributed by atoms with van der Waals surface area (Å²) < 4.78 is 5.15. The lowest BCUT2D eigenvalue weighted by atomic mass is 10.2. The van der Waals surface area contributed by atoms with Crippen molar-refractivity contribution in [2.45, 2.75) is 31.2 Å². The molecule has 5 nitrogen and oxygen atoms in total. The summed E-state index contributed by atoms with van der Waals surface area (Å²) in [5.41, 5.74) is 0. The van der Waals surface area contributed by atoms with Gasteiger partial charge in [0.15, 0.2) is 5.82 Å². The average Bonchev–Trinajstić information content (AvgIpc) is 2.83. The standard InChI is InChI=1S/C9H15N3O2S/c1-2-15-5-8-11-9(14-12-8)7-3-6(13)4-10-7/h6-7,10,13H,2-5H2,1H3/t6-,7-/m0/s1. The highest BCUT2D eigenvalue weighted by Gasteiger charge is 2.27. The monoisotopic (exact) mass is 229 g/mol. The van der Waals surface area contributed by atoms with E-state index >= 15 is 0 Å². The van der Waals surface area contributed by atoms with Crippen molar-refractivity contribution in [1.29, 1.82) is 0 Å². The maximum Gasteiger partial charge on any atom is 0.243 e. The van der Waals surface area contributed by atoms with E-state index in [2.05, 4.69) is 22.4 Å². The normalized spacial score (nSPS) is 26.0. The molecule has 0 aromatic carbocycles. The molecular formula is C9H15N3O2S. The van der Waals surface area contributed by atoms with Gasteiger partial charge in [-0.05, 0) is 12.2 Å². The summed E-state index contributed by atoms with van der Waals surface area (Å²) in [6.07, 6.45) is 0.359. The Hall–Kier alpha value is -0.590. The number of hydrogen-bond acceptors (Lipinski definition) is 6. The third kappa shape index (κ3) is 2.70. The lowest BCUT2D eigenvalue weighted by Crippen LogP contribution is -2.15. The van der Waals surface area contributed by atoms with Gasteiger partial charge in [0.1, 0.15) is 0 Å². The van der Waals surface area contributed by atoms with Crippen LogP contribution < -0.4 is 5.32 Å². The third-order valence-corrected chi connectivity index (χ3v) is 3.20. The molecule has 1 saturated heterocycles. The summed E-state index contributed by atoms with van der Waals surface area (Å²) in [4.78, 5) is 4.29. The van der Waals surface area contributed by atoms with Gasteiger partial charge in [-0.15, -0.1) is 0 Å². The Balaban J connectivity index is 1.94. The van der Waals surface area contributed by atoms with E-state index in [4.69, 9.17) is 4.52 Å². The van der Waals surface area contributed by atoms with Crippen molar-refractivity contribution >= 4 is 11.8 Å².